The zero-order valence-electron chi connectivity index (χ0n) is 13.2. The molecule has 1 aromatic rings. The molecule has 0 radical (unpaired) electrons. The minimum atomic E-state index is -0.312. The summed E-state index contributed by atoms with van der Waals surface area (Å²) in [5.74, 6) is -0.379. The van der Waals surface area contributed by atoms with Gasteiger partial charge in [-0.1, -0.05) is 0 Å². The van der Waals surface area contributed by atoms with Crippen molar-refractivity contribution in [2.24, 2.45) is 0 Å². The number of anilines is 1. The number of hydrogen-bond donors (Lipinski definition) is 0. The van der Waals surface area contributed by atoms with E-state index in [0.717, 1.165) is 0 Å². The second-order valence-corrected chi connectivity index (χ2v) is 5.34. The Hall–Kier alpha value is -2.08. The predicted octanol–water partition coefficient (Wildman–Crippen LogP) is 1.70. The summed E-state index contributed by atoms with van der Waals surface area (Å²) in [5, 5.41) is 0. The number of amides is 2. The molecule has 23 heavy (non-hydrogen) atoms. The molecule has 0 fully saturated rings. The van der Waals surface area contributed by atoms with Crippen LogP contribution in [0, 0.1) is 0 Å². The molecule has 2 rings (SSSR count). The number of rotatable bonds is 6. The van der Waals surface area contributed by atoms with Gasteiger partial charge in [0.2, 0.25) is 5.91 Å². The van der Waals surface area contributed by atoms with Crippen LogP contribution in [0.4, 0.5) is 5.69 Å². The number of ether oxygens (including phenoxy) is 1. The van der Waals surface area contributed by atoms with E-state index in [0.29, 0.717) is 30.1 Å². The maximum absolute atomic E-state index is 12.3. The molecule has 0 aromatic heterocycles. The molecular formula is C16H19ClN2O4. The number of fused-ring (bicyclic) bond motifs is 1. The summed E-state index contributed by atoms with van der Waals surface area (Å²) in [6, 6.07) is 4.77. The summed E-state index contributed by atoms with van der Waals surface area (Å²) < 4.78 is 5.37. The predicted molar refractivity (Wildman–Crippen MR) is 87.3 cm³/mol. The van der Waals surface area contributed by atoms with Crippen LogP contribution in [-0.4, -0.2) is 54.6 Å². The van der Waals surface area contributed by atoms with Gasteiger partial charge in [0.05, 0.1) is 11.6 Å². The molecule has 6 nitrogen and oxygen atoms in total. The van der Waals surface area contributed by atoms with Crippen molar-refractivity contribution in [3.63, 3.8) is 0 Å². The molecule has 7 heteroatoms. The number of ketones is 1. The first kappa shape index (κ1) is 17.3. The maximum atomic E-state index is 12.3. The highest BCUT2D eigenvalue weighted by molar-refractivity contribution is 6.30. The average molecular weight is 339 g/mol. The van der Waals surface area contributed by atoms with Crippen LogP contribution in [0.3, 0.4) is 0 Å². The Morgan fingerprint density at radius 2 is 2.00 bits per heavy atom. The van der Waals surface area contributed by atoms with Gasteiger partial charge in [-0.05, 0) is 32.0 Å². The molecule has 0 bridgehead atoms. The van der Waals surface area contributed by atoms with Crippen molar-refractivity contribution >= 4 is 34.9 Å². The Bertz CT molecular complexity index is 629. The number of Topliss-reactive ketones (excluding diaryl/α,β-unsaturated/α-hetero) is 1. The zero-order chi connectivity index (χ0) is 17.0. The molecule has 0 saturated carbocycles. The van der Waals surface area contributed by atoms with E-state index in [4.69, 9.17) is 16.3 Å². The first-order chi connectivity index (χ1) is 11.0. The van der Waals surface area contributed by atoms with Gasteiger partial charge < -0.3 is 9.64 Å². The fourth-order valence-electron chi connectivity index (χ4n) is 2.44. The smallest absolute Gasteiger partial charge is 0.265 e. The van der Waals surface area contributed by atoms with Crippen LogP contribution < -0.4 is 9.64 Å². The largest absolute Gasteiger partial charge is 0.482 e. The van der Waals surface area contributed by atoms with E-state index in [1.807, 2.05) is 13.8 Å². The molecule has 0 aliphatic carbocycles. The van der Waals surface area contributed by atoms with Crippen LogP contribution in [0.15, 0.2) is 18.2 Å². The SMILES string of the molecule is CCN(CC)C(=O)CN1C(=O)COc2ccc(C(=O)CCl)cc21. The van der Waals surface area contributed by atoms with E-state index in [1.165, 1.54) is 4.90 Å². The van der Waals surface area contributed by atoms with E-state index in [-0.39, 0.29) is 36.6 Å². The van der Waals surface area contributed by atoms with Crippen LogP contribution >= 0.6 is 11.6 Å². The van der Waals surface area contributed by atoms with Gasteiger partial charge in [-0.3, -0.25) is 19.3 Å². The summed E-state index contributed by atoms with van der Waals surface area (Å²) in [5.41, 5.74) is 0.815. The number of likely N-dealkylation sites (N-methyl/N-ethyl adjacent to an activating group) is 1. The standard InChI is InChI=1S/C16H19ClN2O4/c1-3-18(4-2)15(21)9-19-12-7-11(13(20)8-17)5-6-14(12)23-10-16(19)22/h5-7H,3-4,8-10H2,1-2H3. The number of alkyl halides is 1. The molecule has 0 N–H and O–H groups in total. The quantitative estimate of drug-likeness (QED) is 0.585. The Morgan fingerprint density at radius 3 is 2.61 bits per heavy atom. The van der Waals surface area contributed by atoms with Crippen molar-refractivity contribution in [3.8, 4) is 5.75 Å². The summed E-state index contributed by atoms with van der Waals surface area (Å²) in [6.45, 7) is 4.72. The lowest BCUT2D eigenvalue weighted by atomic mass is 10.1. The maximum Gasteiger partial charge on any atom is 0.265 e. The van der Waals surface area contributed by atoms with Gasteiger partial charge in [0.25, 0.3) is 5.91 Å². The van der Waals surface area contributed by atoms with Crippen LogP contribution in [-0.2, 0) is 9.59 Å². The monoisotopic (exact) mass is 338 g/mol. The van der Waals surface area contributed by atoms with Gasteiger partial charge >= 0.3 is 0 Å². The van der Waals surface area contributed by atoms with Gasteiger partial charge in [-0.15, -0.1) is 11.6 Å². The van der Waals surface area contributed by atoms with Crippen LogP contribution in [0.25, 0.3) is 0 Å². The van der Waals surface area contributed by atoms with Crippen molar-refractivity contribution < 1.29 is 19.1 Å². The number of benzene rings is 1. The zero-order valence-corrected chi connectivity index (χ0v) is 13.9. The van der Waals surface area contributed by atoms with Crippen molar-refractivity contribution in [1.82, 2.24) is 4.90 Å². The minimum absolute atomic E-state index is 0.0740. The highest BCUT2D eigenvalue weighted by Crippen LogP contribution is 2.33. The third-order valence-corrected chi connectivity index (χ3v) is 4.00. The highest BCUT2D eigenvalue weighted by Gasteiger charge is 2.29. The second-order valence-electron chi connectivity index (χ2n) is 5.07. The van der Waals surface area contributed by atoms with Crippen molar-refractivity contribution in [3.05, 3.63) is 23.8 Å². The van der Waals surface area contributed by atoms with E-state index in [2.05, 4.69) is 0 Å². The number of halogens is 1. The van der Waals surface area contributed by atoms with Crippen LogP contribution in [0.5, 0.6) is 5.75 Å². The molecule has 124 valence electrons. The Labute approximate surface area is 139 Å². The first-order valence-electron chi connectivity index (χ1n) is 7.45. The van der Waals surface area contributed by atoms with Crippen LogP contribution in [0.2, 0.25) is 0 Å². The molecular weight excluding hydrogens is 320 g/mol. The van der Waals surface area contributed by atoms with Gasteiger partial charge in [0.1, 0.15) is 12.3 Å². The van der Waals surface area contributed by atoms with Crippen molar-refractivity contribution in [2.45, 2.75) is 13.8 Å². The van der Waals surface area contributed by atoms with Crippen LogP contribution in [0.1, 0.15) is 24.2 Å². The number of hydrogen-bond acceptors (Lipinski definition) is 4. The summed E-state index contributed by atoms with van der Waals surface area (Å²) in [4.78, 5) is 39.2. The van der Waals surface area contributed by atoms with Gasteiger partial charge in [-0.25, -0.2) is 0 Å². The van der Waals surface area contributed by atoms with Gasteiger partial charge in [0, 0.05) is 18.7 Å². The summed E-state index contributed by atoms with van der Waals surface area (Å²) in [7, 11) is 0. The minimum Gasteiger partial charge on any atom is -0.482 e. The molecule has 0 saturated heterocycles. The first-order valence-corrected chi connectivity index (χ1v) is 7.99. The fourth-order valence-corrected chi connectivity index (χ4v) is 2.59. The normalized spacial score (nSPS) is 13.3. The topological polar surface area (TPSA) is 66.9 Å². The molecule has 1 aromatic carbocycles. The van der Waals surface area contributed by atoms with Crippen molar-refractivity contribution in [2.75, 3.05) is 37.0 Å². The molecule has 0 unspecified atom stereocenters. The van der Waals surface area contributed by atoms with E-state index in [9.17, 15) is 14.4 Å². The fraction of sp³-hybridized carbons (Fsp3) is 0.438. The van der Waals surface area contributed by atoms with E-state index in [1.54, 1.807) is 23.1 Å². The lowest BCUT2D eigenvalue weighted by Gasteiger charge is -2.31. The third kappa shape index (κ3) is 3.64. The molecule has 0 spiro atoms. The molecule has 1 aliphatic heterocycles. The summed E-state index contributed by atoms with van der Waals surface area (Å²) >= 11 is 5.58. The van der Waals surface area contributed by atoms with Gasteiger partial charge in [0.15, 0.2) is 12.4 Å². The molecule has 1 heterocycles. The summed E-state index contributed by atoms with van der Waals surface area (Å²) in [6.07, 6.45) is 0. The average Bonchev–Trinajstić information content (AvgIpc) is 2.57. The lowest BCUT2D eigenvalue weighted by Crippen LogP contribution is -2.46. The molecule has 2 amide bonds. The third-order valence-electron chi connectivity index (χ3n) is 3.75. The van der Waals surface area contributed by atoms with Gasteiger partial charge in [-0.2, -0.15) is 0 Å². The Kier molecular flexibility index (Phi) is 5.60. The second kappa shape index (κ2) is 7.46. The number of carbonyl (C=O) groups is 3. The lowest BCUT2D eigenvalue weighted by molar-refractivity contribution is -0.131. The van der Waals surface area contributed by atoms with E-state index >= 15 is 0 Å². The highest BCUT2D eigenvalue weighted by atomic mass is 35.5. The van der Waals surface area contributed by atoms with E-state index < -0.39 is 0 Å². The Morgan fingerprint density at radius 1 is 1.30 bits per heavy atom. The molecule has 1 aliphatic rings. The Balaban J connectivity index is 2.32. The number of carbonyl (C=O) groups excluding carboxylic acids is 3. The molecule has 0 atom stereocenters. The number of nitrogens with zero attached hydrogens (tertiary/aromatic N) is 2. The van der Waals surface area contributed by atoms with Crippen molar-refractivity contribution in [1.29, 1.82) is 0 Å².